The number of para-hydroxylation sites is 2. The smallest absolute Gasteiger partial charge is 0.258 e. The van der Waals surface area contributed by atoms with Gasteiger partial charge in [0.25, 0.3) is 11.8 Å². The zero-order chi connectivity index (χ0) is 28.8. The second-order valence-electron chi connectivity index (χ2n) is 9.80. The van der Waals surface area contributed by atoms with Crippen LogP contribution >= 0.6 is 11.6 Å². The van der Waals surface area contributed by atoms with Crippen molar-refractivity contribution in [2.45, 2.75) is 0 Å². The molecule has 7 nitrogen and oxygen atoms in total. The van der Waals surface area contributed by atoms with Crippen molar-refractivity contribution in [1.29, 1.82) is 0 Å². The number of benzene rings is 4. The number of carbonyl (C=O) groups is 3. The molecule has 0 aliphatic carbocycles. The summed E-state index contributed by atoms with van der Waals surface area (Å²) in [5, 5.41) is 2.96. The zero-order valence-electron chi connectivity index (χ0n) is 22.8. The van der Waals surface area contributed by atoms with Crippen LogP contribution in [0.5, 0.6) is 0 Å². The minimum absolute atomic E-state index is 0.0166. The maximum atomic E-state index is 13.5. The molecule has 0 aromatic heterocycles. The highest BCUT2D eigenvalue weighted by atomic mass is 35.5. The Morgan fingerprint density at radius 3 is 2.12 bits per heavy atom. The number of hydrogen-bond acceptors (Lipinski definition) is 4. The zero-order valence-corrected chi connectivity index (χ0v) is 23.6. The van der Waals surface area contributed by atoms with Crippen LogP contribution in [0.4, 0.5) is 17.1 Å². The fourth-order valence-corrected chi connectivity index (χ4v) is 5.21. The largest absolute Gasteiger partial charge is 0.366 e. The fourth-order valence-electron chi connectivity index (χ4n) is 5.04. The quantitative estimate of drug-likeness (QED) is 0.288. The predicted molar refractivity (Wildman–Crippen MR) is 165 cm³/mol. The van der Waals surface area contributed by atoms with Crippen LogP contribution in [-0.2, 0) is 4.79 Å². The molecule has 1 aliphatic heterocycles. The summed E-state index contributed by atoms with van der Waals surface area (Å²) in [6.07, 6.45) is 0. The maximum Gasteiger partial charge on any atom is 0.258 e. The molecule has 5 rings (SSSR count). The minimum Gasteiger partial charge on any atom is -0.366 e. The number of nitrogens with zero attached hydrogens (tertiary/aromatic N) is 3. The number of piperazine rings is 1. The first-order chi connectivity index (χ1) is 20.0. The summed E-state index contributed by atoms with van der Waals surface area (Å²) in [5.74, 6) is -0.466. The molecule has 0 atom stereocenters. The molecule has 0 bridgehead atoms. The van der Waals surface area contributed by atoms with Crippen molar-refractivity contribution in [1.82, 2.24) is 4.90 Å². The molecule has 1 saturated heterocycles. The Morgan fingerprint density at radius 2 is 1.41 bits per heavy atom. The summed E-state index contributed by atoms with van der Waals surface area (Å²) < 4.78 is 0. The Hall–Kier alpha value is -4.62. The molecule has 1 N–H and O–H groups in total. The second kappa shape index (κ2) is 12.7. The van der Waals surface area contributed by atoms with Gasteiger partial charge in [-0.15, -0.1) is 11.6 Å². The third-order valence-electron chi connectivity index (χ3n) is 7.28. The van der Waals surface area contributed by atoms with Gasteiger partial charge in [-0.3, -0.25) is 14.4 Å². The molecule has 8 heteroatoms. The number of amides is 3. The Morgan fingerprint density at radius 1 is 0.780 bits per heavy atom. The number of halogens is 1. The normalized spacial score (nSPS) is 13.0. The number of carbonyl (C=O) groups excluding carboxylic acids is 3. The van der Waals surface area contributed by atoms with E-state index in [1.165, 1.54) is 0 Å². The molecular formula is C33H31ClN4O3. The van der Waals surface area contributed by atoms with Gasteiger partial charge in [-0.1, -0.05) is 60.7 Å². The molecule has 3 amide bonds. The first-order valence-corrected chi connectivity index (χ1v) is 14.0. The summed E-state index contributed by atoms with van der Waals surface area (Å²) in [4.78, 5) is 44.2. The summed E-state index contributed by atoms with van der Waals surface area (Å²) in [6, 6.07) is 31.9. The molecule has 1 heterocycles. The Kier molecular flexibility index (Phi) is 8.65. The first-order valence-electron chi connectivity index (χ1n) is 13.5. The van der Waals surface area contributed by atoms with E-state index in [1.807, 2.05) is 72.8 Å². The van der Waals surface area contributed by atoms with Crippen LogP contribution in [0.3, 0.4) is 0 Å². The van der Waals surface area contributed by atoms with Gasteiger partial charge in [0, 0.05) is 50.0 Å². The van der Waals surface area contributed by atoms with E-state index in [1.54, 1.807) is 47.2 Å². The van der Waals surface area contributed by atoms with Crippen LogP contribution in [0, 0.1) is 0 Å². The highest BCUT2D eigenvalue weighted by Gasteiger charge is 2.24. The van der Waals surface area contributed by atoms with Crippen molar-refractivity contribution in [2.75, 3.05) is 54.2 Å². The lowest BCUT2D eigenvalue weighted by Crippen LogP contribution is -2.49. The molecule has 1 aliphatic rings. The van der Waals surface area contributed by atoms with Crippen LogP contribution in [0.1, 0.15) is 20.7 Å². The standard InChI is InChI=1S/C33H31ClN4O3/c1-36(29-13-7-8-14-30(29)37-19-21-38(22-20-37)31(39)23-34)33(41)25-15-17-26(18-16-25)35-32(40)28-12-6-5-11-27(28)24-9-3-2-4-10-24/h2-18H,19-23H2,1H3,(H,35,40). The third kappa shape index (κ3) is 6.26. The highest BCUT2D eigenvalue weighted by Crippen LogP contribution is 2.31. The van der Waals surface area contributed by atoms with Gasteiger partial charge in [-0.25, -0.2) is 0 Å². The van der Waals surface area contributed by atoms with Gasteiger partial charge in [0.1, 0.15) is 5.88 Å². The second-order valence-corrected chi connectivity index (χ2v) is 10.1. The van der Waals surface area contributed by atoms with E-state index in [0.717, 1.165) is 22.5 Å². The molecular weight excluding hydrogens is 536 g/mol. The number of hydrogen-bond donors (Lipinski definition) is 1. The summed E-state index contributed by atoms with van der Waals surface area (Å²) >= 11 is 5.72. The predicted octanol–water partition coefficient (Wildman–Crippen LogP) is 5.77. The van der Waals surface area contributed by atoms with E-state index in [4.69, 9.17) is 11.6 Å². The van der Waals surface area contributed by atoms with Gasteiger partial charge in [-0.05, 0) is 53.6 Å². The lowest BCUT2D eigenvalue weighted by atomic mass is 9.99. The number of nitrogens with one attached hydrogen (secondary N) is 1. The van der Waals surface area contributed by atoms with Gasteiger partial charge in [-0.2, -0.15) is 0 Å². The van der Waals surface area contributed by atoms with Crippen molar-refractivity contribution < 1.29 is 14.4 Å². The van der Waals surface area contributed by atoms with Crippen molar-refractivity contribution in [3.05, 3.63) is 114 Å². The van der Waals surface area contributed by atoms with Crippen molar-refractivity contribution in [3.8, 4) is 11.1 Å². The summed E-state index contributed by atoms with van der Waals surface area (Å²) in [5.41, 5.74) is 5.21. The van der Waals surface area contributed by atoms with Gasteiger partial charge in [0.15, 0.2) is 0 Å². The fraction of sp³-hybridized carbons (Fsp3) is 0.182. The summed E-state index contributed by atoms with van der Waals surface area (Å²) in [7, 11) is 1.75. The average molecular weight is 567 g/mol. The van der Waals surface area contributed by atoms with Crippen LogP contribution in [-0.4, -0.2) is 61.7 Å². The number of alkyl halides is 1. The van der Waals surface area contributed by atoms with Crippen LogP contribution in [0.2, 0.25) is 0 Å². The van der Waals surface area contributed by atoms with Crippen LogP contribution in [0.25, 0.3) is 11.1 Å². The van der Waals surface area contributed by atoms with E-state index in [2.05, 4.69) is 10.2 Å². The molecule has 0 spiro atoms. The molecule has 0 radical (unpaired) electrons. The number of anilines is 3. The van der Waals surface area contributed by atoms with E-state index in [9.17, 15) is 14.4 Å². The van der Waals surface area contributed by atoms with E-state index in [-0.39, 0.29) is 23.6 Å². The van der Waals surface area contributed by atoms with Crippen LogP contribution in [0.15, 0.2) is 103 Å². The molecule has 4 aromatic carbocycles. The Bertz CT molecular complexity index is 1530. The first kappa shape index (κ1) is 27.9. The monoisotopic (exact) mass is 566 g/mol. The van der Waals surface area contributed by atoms with E-state index < -0.39 is 0 Å². The van der Waals surface area contributed by atoms with Gasteiger partial charge >= 0.3 is 0 Å². The Balaban J connectivity index is 1.28. The Labute approximate surface area is 244 Å². The van der Waals surface area contributed by atoms with Gasteiger partial charge in [0.05, 0.1) is 11.4 Å². The molecule has 0 unspecified atom stereocenters. The van der Waals surface area contributed by atoms with Gasteiger partial charge in [0.2, 0.25) is 5.91 Å². The lowest BCUT2D eigenvalue weighted by molar-refractivity contribution is -0.128. The molecule has 1 fully saturated rings. The SMILES string of the molecule is CN(C(=O)c1ccc(NC(=O)c2ccccc2-c2ccccc2)cc1)c1ccccc1N1CCN(C(=O)CCl)CC1. The maximum absolute atomic E-state index is 13.5. The number of rotatable bonds is 7. The van der Waals surface area contributed by atoms with Crippen molar-refractivity contribution >= 4 is 46.4 Å². The van der Waals surface area contributed by atoms with Crippen molar-refractivity contribution in [3.63, 3.8) is 0 Å². The third-order valence-corrected chi connectivity index (χ3v) is 7.51. The van der Waals surface area contributed by atoms with Gasteiger partial charge < -0.3 is 20.0 Å². The van der Waals surface area contributed by atoms with Crippen molar-refractivity contribution in [2.24, 2.45) is 0 Å². The van der Waals surface area contributed by atoms with E-state index >= 15 is 0 Å². The van der Waals surface area contributed by atoms with E-state index in [0.29, 0.717) is 43.0 Å². The highest BCUT2D eigenvalue weighted by molar-refractivity contribution is 6.27. The molecule has 41 heavy (non-hydrogen) atoms. The average Bonchev–Trinajstić information content (AvgIpc) is 3.04. The van der Waals surface area contributed by atoms with Crippen LogP contribution < -0.4 is 15.1 Å². The molecule has 4 aromatic rings. The topological polar surface area (TPSA) is 73.0 Å². The summed E-state index contributed by atoms with van der Waals surface area (Å²) in [6.45, 7) is 2.48. The minimum atomic E-state index is -0.220. The molecule has 0 saturated carbocycles. The molecule has 208 valence electrons. The lowest BCUT2D eigenvalue weighted by Gasteiger charge is -2.37.